The minimum Gasteiger partial charge on any atom is -0.426 e. The van der Waals surface area contributed by atoms with Crippen molar-refractivity contribution in [3.05, 3.63) is 70.0 Å². The Morgan fingerprint density at radius 2 is 1.60 bits per heavy atom. The Morgan fingerprint density at radius 1 is 1.00 bits per heavy atom. The molecule has 1 aliphatic heterocycles. The van der Waals surface area contributed by atoms with Crippen LogP contribution in [0.2, 0.25) is 0 Å². The molecule has 2 heterocycles. The number of ether oxygens (including phenoxy) is 2. The summed E-state index contributed by atoms with van der Waals surface area (Å²) >= 11 is 3.51. The second-order valence-corrected chi connectivity index (χ2v) is 10.0. The predicted octanol–water partition coefficient (Wildman–Crippen LogP) is 6.66. The van der Waals surface area contributed by atoms with E-state index in [4.69, 9.17) is 13.9 Å². The molecule has 158 valence electrons. The van der Waals surface area contributed by atoms with E-state index < -0.39 is 28.9 Å². The van der Waals surface area contributed by atoms with E-state index in [0.717, 1.165) is 0 Å². The van der Waals surface area contributed by atoms with Crippen LogP contribution in [0.25, 0.3) is 21.9 Å². The zero-order chi connectivity index (χ0) is 21.8. The van der Waals surface area contributed by atoms with Crippen LogP contribution in [0.4, 0.5) is 4.39 Å². The Kier molecular flexibility index (Phi) is 5.16. The molecule has 0 spiro atoms. The van der Waals surface area contributed by atoms with Crippen LogP contribution in [0, 0.1) is 5.82 Å². The van der Waals surface area contributed by atoms with E-state index in [9.17, 15) is 9.18 Å². The van der Waals surface area contributed by atoms with E-state index >= 15 is 0 Å². The molecule has 2 aromatic carbocycles. The molecule has 0 bridgehead atoms. The van der Waals surface area contributed by atoms with Gasteiger partial charge in [0.2, 0.25) is 0 Å². The summed E-state index contributed by atoms with van der Waals surface area (Å²) in [6, 6.07) is 11.9. The lowest BCUT2D eigenvalue weighted by Gasteiger charge is -2.30. The number of benzene rings is 2. The summed E-state index contributed by atoms with van der Waals surface area (Å²) in [6.45, 7) is 9.69. The normalized spacial score (nSPS) is 19.3. The lowest BCUT2D eigenvalue weighted by molar-refractivity contribution is -0.0896. The molecule has 0 radical (unpaired) electrons. The number of hydrogen-bond donors (Lipinski definition) is 0. The van der Waals surface area contributed by atoms with Gasteiger partial charge in [0, 0.05) is 16.5 Å². The van der Waals surface area contributed by atoms with Crippen molar-refractivity contribution < 1.29 is 18.3 Å². The van der Waals surface area contributed by atoms with Gasteiger partial charge in [-0.25, -0.2) is 9.18 Å². The van der Waals surface area contributed by atoms with Gasteiger partial charge in [-0.3, -0.25) is 0 Å². The molecule has 0 saturated carbocycles. The molecular formula is C24H24BrFO4. The molecule has 1 unspecified atom stereocenters. The lowest BCUT2D eigenvalue weighted by Crippen LogP contribution is -2.41. The fraction of sp³-hybridized carbons (Fsp3) is 0.375. The first-order chi connectivity index (χ1) is 14.0. The van der Waals surface area contributed by atoms with E-state index in [2.05, 4.69) is 15.9 Å². The summed E-state index contributed by atoms with van der Waals surface area (Å²) in [7, 11) is 0. The van der Waals surface area contributed by atoms with Crippen molar-refractivity contribution in [1.29, 1.82) is 0 Å². The largest absolute Gasteiger partial charge is 0.426 e. The molecule has 1 aromatic heterocycles. The van der Waals surface area contributed by atoms with Crippen molar-refractivity contribution in [2.75, 3.05) is 0 Å². The van der Waals surface area contributed by atoms with Gasteiger partial charge in [-0.05, 0) is 64.4 Å². The lowest BCUT2D eigenvalue weighted by atomic mass is 9.90. The van der Waals surface area contributed by atoms with Gasteiger partial charge in [0.05, 0.1) is 21.4 Å². The molecule has 0 amide bonds. The second-order valence-electron chi connectivity index (χ2n) is 8.65. The Balaban J connectivity index is 1.93. The summed E-state index contributed by atoms with van der Waals surface area (Å²) in [4.78, 5) is 12.2. The molecular weight excluding hydrogens is 451 g/mol. The molecule has 1 aliphatic rings. The molecule has 0 aliphatic carbocycles. The third kappa shape index (κ3) is 3.51. The van der Waals surface area contributed by atoms with Crippen molar-refractivity contribution in [2.45, 2.75) is 56.9 Å². The first-order valence-corrected chi connectivity index (χ1v) is 10.8. The molecule has 6 heteroatoms. The maximum Gasteiger partial charge on any atom is 0.343 e. The van der Waals surface area contributed by atoms with Gasteiger partial charge in [-0.15, -0.1) is 0 Å². The highest BCUT2D eigenvalue weighted by Gasteiger charge is 2.49. The molecule has 4 nitrogen and oxygen atoms in total. The van der Waals surface area contributed by atoms with Crippen molar-refractivity contribution >= 4 is 26.7 Å². The third-order valence-electron chi connectivity index (χ3n) is 5.96. The van der Waals surface area contributed by atoms with Crippen molar-refractivity contribution in [3.8, 4) is 11.1 Å². The average Bonchev–Trinajstić information content (AvgIpc) is 2.88. The van der Waals surface area contributed by atoms with Crippen molar-refractivity contribution in [3.63, 3.8) is 0 Å². The van der Waals surface area contributed by atoms with E-state index in [0.29, 0.717) is 33.2 Å². The highest BCUT2D eigenvalue weighted by Crippen LogP contribution is 2.46. The van der Waals surface area contributed by atoms with Crippen LogP contribution in [0.1, 0.15) is 57.1 Å². The summed E-state index contributed by atoms with van der Waals surface area (Å²) < 4.78 is 32.6. The minimum absolute atomic E-state index is 0.242. The fourth-order valence-electron chi connectivity index (χ4n) is 3.67. The average molecular weight is 475 g/mol. The molecule has 1 atom stereocenters. The maximum atomic E-state index is 14.7. The predicted molar refractivity (Wildman–Crippen MR) is 118 cm³/mol. The van der Waals surface area contributed by atoms with Gasteiger partial charge in [0.25, 0.3) is 0 Å². The van der Waals surface area contributed by atoms with Gasteiger partial charge in [0.1, 0.15) is 11.6 Å². The van der Waals surface area contributed by atoms with Crippen molar-refractivity contribution in [2.24, 2.45) is 0 Å². The Bertz CT molecular complexity index is 1160. The van der Waals surface area contributed by atoms with Crippen LogP contribution >= 0.6 is 15.9 Å². The Hall–Kier alpha value is -2.02. The highest BCUT2D eigenvalue weighted by atomic mass is 79.9. The number of halogens is 2. The number of rotatable bonds is 3. The summed E-state index contributed by atoms with van der Waals surface area (Å²) in [5.41, 5.74) is 0.357. The van der Waals surface area contributed by atoms with E-state index in [-0.39, 0.29) is 4.83 Å². The Labute approximate surface area is 183 Å². The van der Waals surface area contributed by atoms with E-state index in [1.54, 1.807) is 12.1 Å². The van der Waals surface area contributed by atoms with Crippen LogP contribution in [0.15, 0.2) is 51.7 Å². The number of alkyl halides is 1. The Morgan fingerprint density at radius 3 is 2.20 bits per heavy atom. The van der Waals surface area contributed by atoms with Crippen molar-refractivity contribution in [1.82, 2.24) is 0 Å². The minimum atomic E-state index is -0.698. The summed E-state index contributed by atoms with van der Waals surface area (Å²) in [5, 5.41) is 1.16. The van der Waals surface area contributed by atoms with Gasteiger partial charge in [-0.1, -0.05) is 34.1 Å². The maximum absolute atomic E-state index is 14.7. The topological polar surface area (TPSA) is 48.7 Å². The second kappa shape index (κ2) is 7.29. The summed E-state index contributed by atoms with van der Waals surface area (Å²) in [6.07, 6.45) is -0.698. The van der Waals surface area contributed by atoms with Crippen LogP contribution in [0.3, 0.4) is 0 Å². The number of fused-ring (bicyclic) bond motifs is 1. The van der Waals surface area contributed by atoms with Crippen LogP contribution in [0.5, 0.6) is 0 Å². The highest BCUT2D eigenvalue weighted by molar-refractivity contribution is 9.09. The molecule has 30 heavy (non-hydrogen) atoms. The first kappa shape index (κ1) is 21.2. The zero-order valence-corrected chi connectivity index (χ0v) is 19.2. The zero-order valence-electron chi connectivity index (χ0n) is 17.6. The van der Waals surface area contributed by atoms with Crippen LogP contribution < -0.4 is 5.63 Å². The summed E-state index contributed by atoms with van der Waals surface area (Å²) in [5.74, 6) is 0.0323. The van der Waals surface area contributed by atoms with Gasteiger partial charge in [-0.2, -0.15) is 0 Å². The molecule has 1 saturated heterocycles. The first-order valence-electron chi connectivity index (χ1n) is 9.86. The van der Waals surface area contributed by atoms with E-state index in [1.165, 1.54) is 12.1 Å². The monoisotopic (exact) mass is 474 g/mol. The fourth-order valence-corrected chi connectivity index (χ4v) is 3.99. The van der Waals surface area contributed by atoms with Crippen LogP contribution in [-0.4, -0.2) is 11.2 Å². The van der Waals surface area contributed by atoms with Gasteiger partial charge >= 0.3 is 5.63 Å². The van der Waals surface area contributed by atoms with Crippen LogP contribution in [-0.2, 0) is 9.47 Å². The number of hydrogen-bond acceptors (Lipinski definition) is 4. The molecule has 4 rings (SSSR count). The van der Waals surface area contributed by atoms with Gasteiger partial charge < -0.3 is 13.9 Å². The van der Waals surface area contributed by atoms with E-state index in [1.807, 2.05) is 52.8 Å². The SMILES string of the molecule is CC(Br)c1oc(=O)c2ccccc2c1-c1cc(F)cc(C2OC(C)(C)C(C)(C)O2)c1. The molecule has 1 fully saturated rings. The quantitative estimate of drug-likeness (QED) is 0.398. The third-order valence-corrected chi connectivity index (χ3v) is 6.38. The molecule has 3 aromatic rings. The standard InChI is InChI=1S/C24H24BrFO4/c1-13(25)20-19(17-8-6-7-9-18(17)21(27)28-20)14-10-15(12-16(26)11-14)22-29-23(2,3)24(4,5)30-22/h6-13,22H,1-5H3. The smallest absolute Gasteiger partial charge is 0.343 e. The van der Waals surface area contributed by atoms with Gasteiger partial charge in [0.15, 0.2) is 6.29 Å². The molecule has 0 N–H and O–H groups in total.